The van der Waals surface area contributed by atoms with Gasteiger partial charge in [-0.2, -0.15) is 0 Å². The summed E-state index contributed by atoms with van der Waals surface area (Å²) in [5.74, 6) is -3.91. The van der Waals surface area contributed by atoms with Crippen LogP contribution < -0.4 is 10.9 Å². The SMILES string of the molecule is CC(C)Cc1cccc2cc(Cn3cccc(NC(=O)C(OC=O)C(O)(O)C/C=C/C(=O)N(C)C)c3=O)[nH]c12. The second kappa shape index (κ2) is 12.5. The van der Waals surface area contributed by atoms with Gasteiger partial charge in [-0.05, 0) is 47.6 Å². The van der Waals surface area contributed by atoms with E-state index in [2.05, 4.69) is 35.0 Å². The Bertz CT molecular complexity index is 1420. The van der Waals surface area contributed by atoms with Gasteiger partial charge < -0.3 is 34.7 Å². The number of amides is 2. The minimum absolute atomic E-state index is 0.104. The van der Waals surface area contributed by atoms with E-state index in [9.17, 15) is 29.4 Å². The molecule has 0 spiro atoms. The number of pyridine rings is 1. The second-order valence-corrected chi connectivity index (χ2v) is 9.95. The molecule has 39 heavy (non-hydrogen) atoms. The van der Waals surface area contributed by atoms with Gasteiger partial charge in [-0.1, -0.05) is 38.1 Å². The molecule has 4 N–H and O–H groups in total. The molecule has 0 aliphatic rings. The van der Waals surface area contributed by atoms with Gasteiger partial charge >= 0.3 is 0 Å². The Balaban J connectivity index is 1.80. The molecule has 3 rings (SSSR count). The van der Waals surface area contributed by atoms with Crippen LogP contribution in [0.25, 0.3) is 10.9 Å². The lowest BCUT2D eigenvalue weighted by Gasteiger charge is -2.27. The van der Waals surface area contributed by atoms with Crippen molar-refractivity contribution < 1.29 is 29.3 Å². The quantitative estimate of drug-likeness (QED) is 0.156. The summed E-state index contributed by atoms with van der Waals surface area (Å²) >= 11 is 0. The number of hydrogen-bond acceptors (Lipinski definition) is 7. The predicted molar refractivity (Wildman–Crippen MR) is 146 cm³/mol. The molecule has 0 saturated carbocycles. The highest BCUT2D eigenvalue weighted by Crippen LogP contribution is 2.23. The standard InChI is InChI=1S/C28H34N4O7/c1-18(2)14-19-8-5-9-20-15-21(29-24(19)20)16-32-13-7-10-22(27(32)36)30-26(35)25(39-17-33)28(37,38)12-6-11-23(34)31(3)4/h5-11,13,15,17-18,25,29,37-38H,12,14,16H2,1-4H3,(H,30,35)/b11-6+. The van der Waals surface area contributed by atoms with E-state index < -0.39 is 35.7 Å². The Kier molecular flexibility index (Phi) is 9.44. The van der Waals surface area contributed by atoms with Crippen molar-refractivity contribution in [3.8, 4) is 0 Å². The Labute approximate surface area is 225 Å². The lowest BCUT2D eigenvalue weighted by atomic mass is 10.0. The first-order valence-electron chi connectivity index (χ1n) is 12.4. The topological polar surface area (TPSA) is 154 Å². The molecular formula is C28H34N4O7. The molecule has 11 nitrogen and oxygen atoms in total. The summed E-state index contributed by atoms with van der Waals surface area (Å²) in [6, 6.07) is 10.9. The molecule has 0 aliphatic heterocycles. The number of anilines is 1. The molecule has 1 unspecified atom stereocenters. The molecule has 0 bridgehead atoms. The Morgan fingerprint density at radius 1 is 1.21 bits per heavy atom. The fourth-order valence-corrected chi connectivity index (χ4v) is 4.14. The number of nitrogens with one attached hydrogen (secondary N) is 2. The van der Waals surface area contributed by atoms with Crippen molar-refractivity contribution in [3.63, 3.8) is 0 Å². The van der Waals surface area contributed by atoms with Crippen molar-refractivity contribution >= 4 is 34.9 Å². The van der Waals surface area contributed by atoms with E-state index in [0.29, 0.717) is 5.92 Å². The van der Waals surface area contributed by atoms with Crippen molar-refractivity contribution in [2.75, 3.05) is 19.4 Å². The zero-order valence-corrected chi connectivity index (χ0v) is 22.4. The van der Waals surface area contributed by atoms with Gasteiger partial charge in [-0.15, -0.1) is 0 Å². The number of rotatable bonds is 12. The average molecular weight is 539 g/mol. The molecular weight excluding hydrogens is 504 g/mol. The molecule has 2 aromatic heterocycles. The van der Waals surface area contributed by atoms with Crippen molar-refractivity contribution in [1.82, 2.24) is 14.5 Å². The molecule has 1 atom stereocenters. The van der Waals surface area contributed by atoms with Crippen LogP contribution in [0.3, 0.4) is 0 Å². The number of nitrogens with zero attached hydrogens (tertiary/aromatic N) is 2. The number of fused-ring (bicyclic) bond motifs is 1. The summed E-state index contributed by atoms with van der Waals surface area (Å²) in [5, 5.41) is 24.2. The molecule has 2 heterocycles. The normalized spacial score (nSPS) is 12.6. The zero-order chi connectivity index (χ0) is 28.7. The number of H-pyrrole nitrogens is 1. The molecule has 1 aromatic carbocycles. The summed E-state index contributed by atoms with van der Waals surface area (Å²) in [5.41, 5.74) is 2.29. The number of hydrogen-bond donors (Lipinski definition) is 4. The molecule has 0 aliphatic carbocycles. The summed E-state index contributed by atoms with van der Waals surface area (Å²) in [6.07, 6.45) is 2.02. The minimum Gasteiger partial charge on any atom is -0.449 e. The van der Waals surface area contributed by atoms with E-state index in [-0.39, 0.29) is 18.7 Å². The summed E-state index contributed by atoms with van der Waals surface area (Å²) in [7, 11) is 3.02. The maximum absolute atomic E-state index is 13.1. The number of aromatic nitrogens is 2. The van der Waals surface area contributed by atoms with E-state index in [0.717, 1.165) is 35.2 Å². The number of likely N-dealkylation sites (N-methyl/N-ethyl adjacent to an activating group) is 1. The monoisotopic (exact) mass is 538 g/mol. The van der Waals surface area contributed by atoms with Gasteiger partial charge in [0.1, 0.15) is 5.69 Å². The minimum atomic E-state index is -2.85. The third kappa shape index (κ3) is 7.43. The Morgan fingerprint density at radius 2 is 1.95 bits per heavy atom. The number of aliphatic hydroxyl groups is 2. The number of carbonyl (C=O) groups is 3. The van der Waals surface area contributed by atoms with Crippen molar-refractivity contribution in [3.05, 3.63) is 76.4 Å². The van der Waals surface area contributed by atoms with Crippen LogP contribution in [0.5, 0.6) is 0 Å². The molecule has 0 fully saturated rings. The van der Waals surface area contributed by atoms with Crippen molar-refractivity contribution in [2.24, 2.45) is 5.92 Å². The smallest absolute Gasteiger partial charge is 0.294 e. The highest BCUT2D eigenvalue weighted by Gasteiger charge is 2.41. The first-order valence-corrected chi connectivity index (χ1v) is 12.4. The van der Waals surface area contributed by atoms with Gasteiger partial charge in [0, 0.05) is 37.9 Å². The fourth-order valence-electron chi connectivity index (χ4n) is 4.14. The highest BCUT2D eigenvalue weighted by molar-refractivity contribution is 5.95. The molecule has 3 aromatic rings. The van der Waals surface area contributed by atoms with E-state index in [4.69, 9.17) is 0 Å². The molecule has 208 valence electrons. The number of carbonyl (C=O) groups excluding carboxylic acids is 3. The van der Waals surface area contributed by atoms with Gasteiger partial charge in [0.25, 0.3) is 17.9 Å². The number of ether oxygens (including phenoxy) is 1. The maximum atomic E-state index is 13.1. The van der Waals surface area contributed by atoms with Crippen molar-refractivity contribution in [2.45, 2.75) is 45.1 Å². The van der Waals surface area contributed by atoms with Crippen LogP contribution in [0.15, 0.2) is 59.5 Å². The zero-order valence-electron chi connectivity index (χ0n) is 22.4. The van der Waals surface area contributed by atoms with Gasteiger partial charge in [-0.3, -0.25) is 19.2 Å². The largest absolute Gasteiger partial charge is 0.449 e. The first kappa shape index (κ1) is 29.3. The van der Waals surface area contributed by atoms with Gasteiger partial charge in [0.2, 0.25) is 17.8 Å². The molecule has 2 amide bonds. The van der Waals surface area contributed by atoms with Crippen LogP contribution in [0, 0.1) is 5.92 Å². The van der Waals surface area contributed by atoms with Gasteiger partial charge in [-0.25, -0.2) is 0 Å². The van der Waals surface area contributed by atoms with Crippen LogP contribution in [0.4, 0.5) is 5.69 Å². The third-order valence-corrected chi connectivity index (χ3v) is 6.01. The molecule has 0 saturated heterocycles. The number of aromatic amines is 1. The maximum Gasteiger partial charge on any atom is 0.294 e. The summed E-state index contributed by atoms with van der Waals surface area (Å²) < 4.78 is 6.04. The van der Waals surface area contributed by atoms with Crippen LogP contribution in [0.1, 0.15) is 31.5 Å². The van der Waals surface area contributed by atoms with Crippen LogP contribution in [0.2, 0.25) is 0 Å². The predicted octanol–water partition coefficient (Wildman–Crippen LogP) is 1.77. The number of para-hydroxylation sites is 1. The van der Waals surface area contributed by atoms with Crippen LogP contribution >= 0.6 is 0 Å². The molecule has 11 heteroatoms. The van der Waals surface area contributed by atoms with Crippen LogP contribution in [-0.2, 0) is 32.1 Å². The lowest BCUT2D eigenvalue weighted by molar-refractivity contribution is -0.224. The van der Waals surface area contributed by atoms with Gasteiger partial charge in [0.05, 0.1) is 6.54 Å². The van der Waals surface area contributed by atoms with Gasteiger partial charge in [0.15, 0.2) is 0 Å². The molecule has 0 radical (unpaired) electrons. The summed E-state index contributed by atoms with van der Waals surface area (Å²) in [6.45, 7) is 4.38. The lowest BCUT2D eigenvalue weighted by Crippen LogP contribution is -2.51. The summed E-state index contributed by atoms with van der Waals surface area (Å²) in [4.78, 5) is 53.3. The highest BCUT2D eigenvalue weighted by atomic mass is 16.6. The van der Waals surface area contributed by atoms with E-state index >= 15 is 0 Å². The van der Waals surface area contributed by atoms with E-state index in [1.54, 1.807) is 12.3 Å². The number of benzene rings is 1. The average Bonchev–Trinajstić information content (AvgIpc) is 3.28. The first-order chi connectivity index (χ1) is 18.4. The fraction of sp³-hybridized carbons (Fsp3) is 0.357. The Morgan fingerprint density at radius 3 is 2.62 bits per heavy atom. The van der Waals surface area contributed by atoms with Crippen molar-refractivity contribution in [1.29, 1.82) is 0 Å². The van der Waals surface area contributed by atoms with E-state index in [1.165, 1.54) is 35.2 Å². The van der Waals surface area contributed by atoms with E-state index in [1.807, 2.05) is 18.2 Å². The second-order valence-electron chi connectivity index (χ2n) is 9.95. The Hall–Kier alpha value is -4.22. The van der Waals surface area contributed by atoms with Crippen LogP contribution in [-0.4, -0.2) is 68.9 Å². The third-order valence-electron chi connectivity index (χ3n) is 6.01.